The largest absolute Gasteiger partial charge is 0.383 e. The number of hydrogen-bond donors (Lipinski definition) is 2. The zero-order valence-electron chi connectivity index (χ0n) is 17.6. The van der Waals surface area contributed by atoms with Crippen LogP contribution in [0, 0.1) is 0 Å². The van der Waals surface area contributed by atoms with E-state index in [1.54, 1.807) is 7.11 Å². The molecule has 0 amide bonds. The van der Waals surface area contributed by atoms with Gasteiger partial charge in [0.1, 0.15) is 0 Å². The summed E-state index contributed by atoms with van der Waals surface area (Å²) >= 11 is 0. The van der Waals surface area contributed by atoms with Crippen molar-refractivity contribution in [1.82, 2.24) is 20.4 Å². The van der Waals surface area contributed by atoms with Crippen LogP contribution in [-0.2, 0) is 4.74 Å². The second-order valence-corrected chi connectivity index (χ2v) is 6.97. The van der Waals surface area contributed by atoms with Crippen LogP contribution in [0.5, 0.6) is 0 Å². The molecule has 1 fully saturated rings. The van der Waals surface area contributed by atoms with Gasteiger partial charge in [0.15, 0.2) is 5.96 Å². The molecule has 0 bridgehead atoms. The summed E-state index contributed by atoms with van der Waals surface area (Å²) in [5.41, 5.74) is 0. The minimum atomic E-state index is 0. The number of guanidine groups is 1. The van der Waals surface area contributed by atoms with Crippen molar-refractivity contribution in [2.45, 2.75) is 58.5 Å². The summed E-state index contributed by atoms with van der Waals surface area (Å²) < 4.78 is 5.22. The Balaban J connectivity index is 0.00000625. The van der Waals surface area contributed by atoms with Crippen molar-refractivity contribution in [2.24, 2.45) is 4.99 Å². The van der Waals surface area contributed by atoms with E-state index in [0.717, 1.165) is 51.3 Å². The molecule has 0 aliphatic heterocycles. The second kappa shape index (κ2) is 15.9. The minimum Gasteiger partial charge on any atom is -0.383 e. The van der Waals surface area contributed by atoms with Gasteiger partial charge in [0.2, 0.25) is 0 Å². The fraction of sp³-hybridized carbons (Fsp3) is 0.947. The van der Waals surface area contributed by atoms with Crippen LogP contribution in [0.4, 0.5) is 0 Å². The molecule has 1 unspecified atom stereocenters. The van der Waals surface area contributed by atoms with E-state index in [4.69, 9.17) is 4.74 Å². The van der Waals surface area contributed by atoms with Crippen molar-refractivity contribution in [3.05, 3.63) is 0 Å². The first-order chi connectivity index (χ1) is 12.1. The Labute approximate surface area is 178 Å². The molecular formula is C19H42IN5O. The average molecular weight is 483 g/mol. The number of ether oxygens (including phenoxy) is 1. The van der Waals surface area contributed by atoms with Crippen molar-refractivity contribution >= 4 is 29.9 Å². The summed E-state index contributed by atoms with van der Waals surface area (Å²) in [6.45, 7) is 14.0. The zero-order chi connectivity index (χ0) is 18.5. The molecular weight excluding hydrogens is 441 g/mol. The Kier molecular flexibility index (Phi) is 15.8. The Bertz CT molecular complexity index is 362. The van der Waals surface area contributed by atoms with Crippen LogP contribution < -0.4 is 10.6 Å². The number of rotatable bonds is 14. The highest BCUT2D eigenvalue weighted by atomic mass is 127. The summed E-state index contributed by atoms with van der Waals surface area (Å²) in [6.07, 6.45) is 5.05. The fourth-order valence-electron chi connectivity index (χ4n) is 3.10. The van der Waals surface area contributed by atoms with Crippen molar-refractivity contribution in [3.8, 4) is 0 Å². The highest BCUT2D eigenvalue weighted by molar-refractivity contribution is 14.0. The quantitative estimate of drug-likeness (QED) is 0.226. The third kappa shape index (κ3) is 11.6. The van der Waals surface area contributed by atoms with Crippen molar-refractivity contribution in [1.29, 1.82) is 0 Å². The predicted molar refractivity (Wildman–Crippen MR) is 123 cm³/mol. The lowest BCUT2D eigenvalue weighted by Gasteiger charge is -2.23. The van der Waals surface area contributed by atoms with E-state index < -0.39 is 0 Å². The summed E-state index contributed by atoms with van der Waals surface area (Å²) in [4.78, 5) is 9.37. The van der Waals surface area contributed by atoms with E-state index in [1.807, 2.05) is 7.05 Å². The highest BCUT2D eigenvalue weighted by Crippen LogP contribution is 2.25. The molecule has 26 heavy (non-hydrogen) atoms. The van der Waals surface area contributed by atoms with Crippen molar-refractivity contribution < 1.29 is 4.74 Å². The van der Waals surface area contributed by atoms with Gasteiger partial charge in [0, 0.05) is 45.9 Å². The Morgan fingerprint density at radius 3 is 2.42 bits per heavy atom. The molecule has 1 aliphatic carbocycles. The molecule has 0 heterocycles. The Morgan fingerprint density at radius 1 is 1.19 bits per heavy atom. The molecule has 0 saturated heterocycles. The van der Waals surface area contributed by atoms with E-state index >= 15 is 0 Å². The minimum absolute atomic E-state index is 0. The lowest BCUT2D eigenvalue weighted by atomic mass is 10.2. The maximum absolute atomic E-state index is 5.22. The Hall–Kier alpha value is -0.120. The highest BCUT2D eigenvalue weighted by Gasteiger charge is 2.28. The van der Waals surface area contributed by atoms with Crippen LogP contribution in [0.15, 0.2) is 4.99 Å². The number of halogens is 1. The van der Waals surface area contributed by atoms with E-state index in [9.17, 15) is 0 Å². The third-order valence-corrected chi connectivity index (χ3v) is 4.95. The predicted octanol–water partition coefficient (Wildman–Crippen LogP) is 2.39. The molecule has 1 aliphatic rings. The first-order valence-electron chi connectivity index (χ1n) is 10.1. The van der Waals surface area contributed by atoms with Crippen LogP contribution in [0.2, 0.25) is 0 Å². The molecule has 1 rings (SSSR count). The maximum Gasteiger partial charge on any atom is 0.191 e. The SMILES string of the molecule is CCN(CC)CCCC(C)NC(=NC)NCCN(CCOC)C1CC1.I. The lowest BCUT2D eigenvalue weighted by molar-refractivity contribution is 0.144. The molecule has 1 saturated carbocycles. The van der Waals surface area contributed by atoms with Gasteiger partial charge in [0.25, 0.3) is 0 Å². The molecule has 0 spiro atoms. The van der Waals surface area contributed by atoms with Crippen LogP contribution in [0.1, 0.15) is 46.5 Å². The van der Waals surface area contributed by atoms with Gasteiger partial charge in [-0.25, -0.2) is 0 Å². The first-order valence-corrected chi connectivity index (χ1v) is 10.1. The summed E-state index contributed by atoms with van der Waals surface area (Å²) in [6, 6.07) is 1.21. The van der Waals surface area contributed by atoms with Crippen LogP contribution in [0.3, 0.4) is 0 Å². The van der Waals surface area contributed by atoms with Gasteiger partial charge in [-0.15, -0.1) is 24.0 Å². The average Bonchev–Trinajstić information content (AvgIpc) is 3.45. The summed E-state index contributed by atoms with van der Waals surface area (Å²) in [5, 5.41) is 6.97. The molecule has 0 aromatic carbocycles. The van der Waals surface area contributed by atoms with Gasteiger partial charge in [-0.05, 0) is 52.2 Å². The number of methoxy groups -OCH3 is 1. The lowest BCUT2D eigenvalue weighted by Crippen LogP contribution is -2.45. The molecule has 0 aromatic rings. The van der Waals surface area contributed by atoms with Crippen molar-refractivity contribution in [3.63, 3.8) is 0 Å². The molecule has 6 nitrogen and oxygen atoms in total. The zero-order valence-corrected chi connectivity index (χ0v) is 19.9. The normalized spacial score (nSPS) is 15.9. The second-order valence-electron chi connectivity index (χ2n) is 6.97. The number of hydrogen-bond acceptors (Lipinski definition) is 4. The summed E-state index contributed by atoms with van der Waals surface area (Å²) in [5.74, 6) is 0.915. The maximum atomic E-state index is 5.22. The topological polar surface area (TPSA) is 52.1 Å². The molecule has 0 radical (unpaired) electrons. The van der Waals surface area contributed by atoms with Gasteiger partial charge in [-0.3, -0.25) is 9.89 Å². The Morgan fingerprint density at radius 2 is 1.88 bits per heavy atom. The van der Waals surface area contributed by atoms with Crippen LogP contribution >= 0.6 is 24.0 Å². The van der Waals surface area contributed by atoms with E-state index in [0.29, 0.717) is 6.04 Å². The standard InChI is InChI=1S/C19H41N5O.HI/c1-6-23(7-2)13-8-9-17(3)22-19(20-4)21-12-14-24(15-16-25-5)18-10-11-18;/h17-18H,6-16H2,1-5H3,(H2,20,21,22);1H. The van der Waals surface area contributed by atoms with Gasteiger partial charge < -0.3 is 20.3 Å². The van der Waals surface area contributed by atoms with E-state index in [2.05, 4.69) is 46.2 Å². The smallest absolute Gasteiger partial charge is 0.191 e. The molecule has 7 heteroatoms. The monoisotopic (exact) mass is 483 g/mol. The fourth-order valence-corrected chi connectivity index (χ4v) is 3.10. The van der Waals surface area contributed by atoms with Gasteiger partial charge in [-0.2, -0.15) is 0 Å². The summed E-state index contributed by atoms with van der Waals surface area (Å²) in [7, 11) is 3.62. The molecule has 0 aromatic heterocycles. The number of nitrogens with one attached hydrogen (secondary N) is 2. The van der Waals surface area contributed by atoms with Gasteiger partial charge in [0.05, 0.1) is 6.61 Å². The molecule has 156 valence electrons. The first kappa shape index (κ1) is 25.9. The van der Waals surface area contributed by atoms with Crippen LogP contribution in [0.25, 0.3) is 0 Å². The number of aliphatic imine (C=N–C) groups is 1. The van der Waals surface area contributed by atoms with Gasteiger partial charge >= 0.3 is 0 Å². The van der Waals surface area contributed by atoms with Crippen LogP contribution in [-0.4, -0.2) is 87.9 Å². The molecule has 1 atom stereocenters. The third-order valence-electron chi connectivity index (χ3n) is 4.95. The number of nitrogens with zero attached hydrogens (tertiary/aromatic N) is 3. The van der Waals surface area contributed by atoms with E-state index in [1.165, 1.54) is 32.2 Å². The van der Waals surface area contributed by atoms with Gasteiger partial charge in [-0.1, -0.05) is 13.8 Å². The van der Waals surface area contributed by atoms with E-state index in [-0.39, 0.29) is 24.0 Å². The molecule has 2 N–H and O–H groups in total. The van der Waals surface area contributed by atoms with Crippen molar-refractivity contribution in [2.75, 3.05) is 60.0 Å².